The molecule has 1 aromatic carbocycles. The minimum Gasteiger partial charge on any atom is -0.385 e. The van der Waals surface area contributed by atoms with Gasteiger partial charge in [-0.05, 0) is 17.7 Å². The summed E-state index contributed by atoms with van der Waals surface area (Å²) < 4.78 is 0. The molecule has 0 radical (unpaired) electrons. The molecule has 17 heavy (non-hydrogen) atoms. The van der Waals surface area contributed by atoms with Crippen LogP contribution >= 0.6 is 0 Å². The lowest BCUT2D eigenvalue weighted by Gasteiger charge is -2.03. The molecular formula is C10H8N4O3. The van der Waals surface area contributed by atoms with Crippen LogP contribution in [-0.4, -0.2) is 14.9 Å². The lowest BCUT2D eigenvalue weighted by atomic mass is 10.1. The van der Waals surface area contributed by atoms with Gasteiger partial charge in [0.2, 0.25) is 0 Å². The lowest BCUT2D eigenvalue weighted by Crippen LogP contribution is -2.12. The van der Waals surface area contributed by atoms with Crippen molar-refractivity contribution in [3.8, 4) is 11.1 Å². The van der Waals surface area contributed by atoms with Gasteiger partial charge in [0.25, 0.3) is 5.69 Å². The molecule has 7 nitrogen and oxygen atoms in total. The van der Waals surface area contributed by atoms with Crippen LogP contribution in [0.5, 0.6) is 0 Å². The number of aromatic amines is 1. The normalized spacial score (nSPS) is 10.1. The van der Waals surface area contributed by atoms with E-state index in [2.05, 4.69) is 9.97 Å². The fourth-order valence-corrected chi connectivity index (χ4v) is 1.40. The third kappa shape index (κ3) is 2.12. The number of hydrogen-bond donors (Lipinski definition) is 2. The van der Waals surface area contributed by atoms with E-state index in [4.69, 9.17) is 5.73 Å². The highest BCUT2D eigenvalue weighted by molar-refractivity contribution is 5.73. The average Bonchev–Trinajstić information content (AvgIpc) is 2.29. The number of nitrogens with one attached hydrogen (secondary N) is 1. The van der Waals surface area contributed by atoms with Gasteiger partial charge in [0.15, 0.2) is 0 Å². The fraction of sp³-hybridized carbons (Fsp3) is 0. The first-order chi connectivity index (χ1) is 8.08. The van der Waals surface area contributed by atoms with Crippen LogP contribution in [0.25, 0.3) is 11.1 Å². The maximum Gasteiger partial charge on any atom is 0.346 e. The van der Waals surface area contributed by atoms with Crippen LogP contribution in [0.3, 0.4) is 0 Å². The minimum absolute atomic E-state index is 0.00953. The van der Waals surface area contributed by atoms with E-state index < -0.39 is 10.6 Å². The molecule has 7 heteroatoms. The van der Waals surface area contributed by atoms with Crippen molar-refractivity contribution in [1.29, 1.82) is 0 Å². The summed E-state index contributed by atoms with van der Waals surface area (Å²) in [5.41, 5.74) is 6.26. The number of aromatic nitrogens is 2. The molecule has 0 unspecified atom stereocenters. The molecule has 3 N–H and O–H groups in total. The van der Waals surface area contributed by atoms with Crippen LogP contribution < -0.4 is 11.4 Å². The molecule has 86 valence electrons. The Morgan fingerprint density at radius 2 is 1.94 bits per heavy atom. The molecule has 0 aliphatic rings. The standard InChI is InChI=1S/C10H8N4O3/c11-9-8(5-12-10(15)13-9)6-1-3-7(4-2-6)14(16)17/h1-5H,(H3,11,12,13,15). The maximum absolute atomic E-state index is 10.9. The second-order valence-corrected chi connectivity index (χ2v) is 3.32. The van der Waals surface area contributed by atoms with E-state index >= 15 is 0 Å². The monoisotopic (exact) mass is 232 g/mol. The zero-order chi connectivity index (χ0) is 12.4. The minimum atomic E-state index is -0.534. The quantitative estimate of drug-likeness (QED) is 0.590. The van der Waals surface area contributed by atoms with Crippen molar-refractivity contribution in [3.05, 3.63) is 51.1 Å². The van der Waals surface area contributed by atoms with E-state index in [1.807, 2.05) is 0 Å². The molecule has 0 atom stereocenters. The number of hydrogen-bond acceptors (Lipinski definition) is 5. The highest BCUT2D eigenvalue weighted by atomic mass is 16.6. The number of benzene rings is 1. The Morgan fingerprint density at radius 1 is 1.29 bits per heavy atom. The summed E-state index contributed by atoms with van der Waals surface area (Å²) in [6.45, 7) is 0. The first-order valence-electron chi connectivity index (χ1n) is 4.67. The SMILES string of the molecule is Nc1[nH]c(=O)ncc1-c1ccc([N+](=O)[O-])cc1. The molecule has 0 fully saturated rings. The summed E-state index contributed by atoms with van der Waals surface area (Å²) in [6, 6.07) is 5.81. The number of nitro benzene ring substituents is 1. The van der Waals surface area contributed by atoms with Crippen molar-refractivity contribution in [2.75, 3.05) is 5.73 Å². The molecule has 2 aromatic rings. The van der Waals surface area contributed by atoms with Crippen molar-refractivity contribution in [2.24, 2.45) is 0 Å². The molecule has 0 bridgehead atoms. The average molecular weight is 232 g/mol. The van der Waals surface area contributed by atoms with E-state index in [1.165, 1.54) is 18.3 Å². The number of nitrogens with zero attached hydrogens (tertiary/aromatic N) is 2. The summed E-state index contributed by atoms with van der Waals surface area (Å²) >= 11 is 0. The van der Waals surface area contributed by atoms with Gasteiger partial charge >= 0.3 is 5.69 Å². The fourth-order valence-electron chi connectivity index (χ4n) is 1.40. The molecular weight excluding hydrogens is 224 g/mol. The smallest absolute Gasteiger partial charge is 0.346 e. The van der Waals surface area contributed by atoms with Crippen LogP contribution in [-0.2, 0) is 0 Å². The van der Waals surface area contributed by atoms with E-state index in [1.54, 1.807) is 12.1 Å². The Kier molecular flexibility index (Phi) is 2.57. The Morgan fingerprint density at radius 3 is 2.47 bits per heavy atom. The number of nitrogen functional groups attached to an aromatic ring is 1. The van der Waals surface area contributed by atoms with E-state index in [-0.39, 0.29) is 11.5 Å². The summed E-state index contributed by atoms with van der Waals surface area (Å²) in [6.07, 6.45) is 1.33. The Balaban J connectivity index is 2.46. The third-order valence-electron chi connectivity index (χ3n) is 2.23. The van der Waals surface area contributed by atoms with E-state index in [9.17, 15) is 14.9 Å². The van der Waals surface area contributed by atoms with Gasteiger partial charge in [-0.3, -0.25) is 15.1 Å². The van der Waals surface area contributed by atoms with Gasteiger partial charge in [0.1, 0.15) is 5.82 Å². The van der Waals surface area contributed by atoms with E-state index in [0.29, 0.717) is 11.1 Å². The van der Waals surface area contributed by atoms with Gasteiger partial charge in [-0.1, -0.05) is 0 Å². The summed E-state index contributed by atoms with van der Waals surface area (Å²) in [5.74, 6) is 0.179. The van der Waals surface area contributed by atoms with Gasteiger partial charge in [-0.2, -0.15) is 0 Å². The van der Waals surface area contributed by atoms with E-state index in [0.717, 1.165) is 0 Å². The van der Waals surface area contributed by atoms with Crippen molar-refractivity contribution < 1.29 is 4.92 Å². The summed E-state index contributed by atoms with van der Waals surface area (Å²) in [4.78, 5) is 26.8. The molecule has 0 amide bonds. The molecule has 0 saturated heterocycles. The molecule has 0 spiro atoms. The highest BCUT2D eigenvalue weighted by Crippen LogP contribution is 2.24. The second kappa shape index (κ2) is 4.05. The number of H-pyrrole nitrogens is 1. The molecule has 1 heterocycles. The van der Waals surface area contributed by atoms with Crippen molar-refractivity contribution in [1.82, 2.24) is 9.97 Å². The molecule has 2 rings (SSSR count). The Labute approximate surface area is 95.1 Å². The van der Waals surface area contributed by atoms with Crippen LogP contribution in [0.1, 0.15) is 0 Å². The third-order valence-corrected chi connectivity index (χ3v) is 2.23. The van der Waals surface area contributed by atoms with Crippen LogP contribution in [0.2, 0.25) is 0 Å². The Hall–Kier alpha value is -2.70. The molecule has 0 aliphatic heterocycles. The van der Waals surface area contributed by atoms with Crippen molar-refractivity contribution >= 4 is 11.5 Å². The Bertz CT molecular complexity index is 618. The van der Waals surface area contributed by atoms with Gasteiger partial charge < -0.3 is 5.73 Å². The number of nitro groups is 1. The second-order valence-electron chi connectivity index (χ2n) is 3.32. The molecule has 1 aromatic heterocycles. The zero-order valence-electron chi connectivity index (χ0n) is 8.58. The van der Waals surface area contributed by atoms with Gasteiger partial charge in [0, 0.05) is 23.9 Å². The summed E-state index contributed by atoms with van der Waals surface area (Å²) in [5, 5.41) is 10.5. The topological polar surface area (TPSA) is 115 Å². The number of non-ortho nitro benzene ring substituents is 1. The first kappa shape index (κ1) is 10.8. The number of nitrogens with two attached hydrogens (primary N) is 1. The first-order valence-corrected chi connectivity index (χ1v) is 4.67. The zero-order valence-corrected chi connectivity index (χ0v) is 8.58. The molecule has 0 aliphatic carbocycles. The number of rotatable bonds is 2. The van der Waals surface area contributed by atoms with Crippen LogP contribution in [0, 0.1) is 10.1 Å². The lowest BCUT2D eigenvalue weighted by molar-refractivity contribution is -0.384. The predicted octanol–water partition coefficient (Wildman–Crippen LogP) is 0.927. The molecule has 0 saturated carbocycles. The van der Waals surface area contributed by atoms with Crippen molar-refractivity contribution in [3.63, 3.8) is 0 Å². The summed E-state index contributed by atoms with van der Waals surface area (Å²) in [7, 11) is 0. The predicted molar refractivity (Wildman–Crippen MR) is 61.4 cm³/mol. The van der Waals surface area contributed by atoms with Crippen LogP contribution in [0.4, 0.5) is 11.5 Å². The van der Waals surface area contributed by atoms with Gasteiger partial charge in [-0.15, -0.1) is 0 Å². The van der Waals surface area contributed by atoms with Crippen LogP contribution in [0.15, 0.2) is 35.3 Å². The van der Waals surface area contributed by atoms with Crippen molar-refractivity contribution in [2.45, 2.75) is 0 Å². The van der Waals surface area contributed by atoms with Gasteiger partial charge in [-0.25, -0.2) is 9.78 Å². The maximum atomic E-state index is 10.9. The largest absolute Gasteiger partial charge is 0.385 e. The highest BCUT2D eigenvalue weighted by Gasteiger charge is 2.07. The number of anilines is 1. The van der Waals surface area contributed by atoms with Gasteiger partial charge in [0.05, 0.1) is 4.92 Å².